The smallest absolute Gasteiger partial charge is 0.239 e. The second kappa shape index (κ2) is 4.36. The minimum Gasteiger partial charge on any atom is -0.338 e. The summed E-state index contributed by atoms with van der Waals surface area (Å²) >= 11 is 0. The van der Waals surface area contributed by atoms with Crippen LogP contribution in [0.2, 0.25) is 0 Å². The number of amides is 1. The highest BCUT2D eigenvalue weighted by Crippen LogP contribution is 2.35. The summed E-state index contributed by atoms with van der Waals surface area (Å²) in [5.41, 5.74) is 0. The summed E-state index contributed by atoms with van der Waals surface area (Å²) in [6.45, 7) is 2.07. The van der Waals surface area contributed by atoms with Crippen molar-refractivity contribution in [2.75, 3.05) is 13.1 Å². The van der Waals surface area contributed by atoms with Crippen molar-refractivity contribution in [2.24, 2.45) is 5.92 Å². The van der Waals surface area contributed by atoms with E-state index in [1.54, 1.807) is 0 Å². The van der Waals surface area contributed by atoms with Crippen molar-refractivity contribution in [1.82, 2.24) is 10.2 Å². The van der Waals surface area contributed by atoms with E-state index in [1.807, 2.05) is 0 Å². The van der Waals surface area contributed by atoms with Crippen molar-refractivity contribution in [1.29, 1.82) is 0 Å². The number of carbonyl (C=O) groups is 1. The molecular weight excluding hydrogens is 200 g/mol. The van der Waals surface area contributed by atoms with E-state index in [0.717, 1.165) is 25.4 Å². The molecule has 3 heteroatoms. The zero-order valence-corrected chi connectivity index (χ0v) is 9.95. The lowest BCUT2D eigenvalue weighted by Crippen LogP contribution is -2.49. The average Bonchev–Trinajstić information content (AvgIpc) is 3.16. The first-order valence-electron chi connectivity index (χ1n) is 6.88. The fraction of sp³-hybridized carbons (Fsp3) is 0.923. The van der Waals surface area contributed by atoms with Crippen molar-refractivity contribution in [3.63, 3.8) is 0 Å². The van der Waals surface area contributed by atoms with Crippen LogP contribution >= 0.6 is 0 Å². The Hall–Kier alpha value is -0.570. The highest BCUT2D eigenvalue weighted by atomic mass is 16.2. The van der Waals surface area contributed by atoms with E-state index in [2.05, 4.69) is 10.2 Å². The molecule has 16 heavy (non-hydrogen) atoms. The lowest BCUT2D eigenvalue weighted by atomic mass is 10.0. The Kier molecular flexibility index (Phi) is 2.88. The number of hydrogen-bond acceptors (Lipinski definition) is 2. The molecule has 1 heterocycles. The topological polar surface area (TPSA) is 32.3 Å². The molecule has 2 aliphatic carbocycles. The quantitative estimate of drug-likeness (QED) is 0.782. The van der Waals surface area contributed by atoms with E-state index in [0.29, 0.717) is 11.9 Å². The average molecular weight is 222 g/mol. The summed E-state index contributed by atoms with van der Waals surface area (Å²) in [4.78, 5) is 14.6. The Labute approximate surface area is 97.6 Å². The Balaban J connectivity index is 1.59. The molecule has 0 unspecified atom stereocenters. The summed E-state index contributed by atoms with van der Waals surface area (Å²) in [5.74, 6) is 1.22. The standard InChI is InChI=1S/C13H22N2O/c16-13(12-3-1-2-8-14-12)15(11-6-7-11)9-10-4-5-10/h10-12,14H,1-9H2/t12-/m1/s1. The number of piperidine rings is 1. The van der Waals surface area contributed by atoms with Gasteiger partial charge in [-0.15, -0.1) is 0 Å². The van der Waals surface area contributed by atoms with Gasteiger partial charge in [0.25, 0.3) is 0 Å². The SMILES string of the molecule is O=C([C@H]1CCCCN1)N(CC1CC1)C1CC1. The van der Waals surface area contributed by atoms with Gasteiger partial charge in [-0.3, -0.25) is 4.79 Å². The van der Waals surface area contributed by atoms with Crippen LogP contribution in [0.1, 0.15) is 44.9 Å². The van der Waals surface area contributed by atoms with Crippen LogP contribution in [0.4, 0.5) is 0 Å². The summed E-state index contributed by atoms with van der Waals surface area (Å²) in [7, 11) is 0. The Morgan fingerprint density at radius 3 is 2.50 bits per heavy atom. The third kappa shape index (κ3) is 2.40. The van der Waals surface area contributed by atoms with Crippen LogP contribution in [0.25, 0.3) is 0 Å². The van der Waals surface area contributed by atoms with Gasteiger partial charge >= 0.3 is 0 Å². The molecule has 0 aromatic carbocycles. The van der Waals surface area contributed by atoms with Gasteiger partial charge in [0.15, 0.2) is 0 Å². The van der Waals surface area contributed by atoms with Crippen LogP contribution in [0.15, 0.2) is 0 Å². The second-order valence-corrected chi connectivity index (χ2v) is 5.67. The van der Waals surface area contributed by atoms with E-state index < -0.39 is 0 Å². The maximum Gasteiger partial charge on any atom is 0.239 e. The zero-order chi connectivity index (χ0) is 11.0. The zero-order valence-electron chi connectivity index (χ0n) is 9.95. The lowest BCUT2D eigenvalue weighted by molar-refractivity contribution is -0.134. The molecule has 3 fully saturated rings. The number of rotatable bonds is 4. The van der Waals surface area contributed by atoms with Crippen LogP contribution in [-0.2, 0) is 4.79 Å². The highest BCUT2D eigenvalue weighted by molar-refractivity contribution is 5.82. The van der Waals surface area contributed by atoms with Gasteiger partial charge in [0.2, 0.25) is 5.91 Å². The molecule has 0 aromatic rings. The van der Waals surface area contributed by atoms with Crippen LogP contribution in [-0.4, -0.2) is 36.0 Å². The van der Waals surface area contributed by atoms with E-state index >= 15 is 0 Å². The second-order valence-electron chi connectivity index (χ2n) is 5.67. The van der Waals surface area contributed by atoms with Gasteiger partial charge in [-0.25, -0.2) is 0 Å². The molecule has 90 valence electrons. The van der Waals surface area contributed by atoms with Crippen LogP contribution in [0.3, 0.4) is 0 Å². The first-order valence-corrected chi connectivity index (χ1v) is 6.88. The number of hydrogen-bond donors (Lipinski definition) is 1. The van der Waals surface area contributed by atoms with Crippen molar-refractivity contribution in [3.8, 4) is 0 Å². The number of nitrogens with one attached hydrogen (secondary N) is 1. The predicted octanol–water partition coefficient (Wildman–Crippen LogP) is 1.53. The van der Waals surface area contributed by atoms with Gasteiger partial charge in [-0.2, -0.15) is 0 Å². The molecule has 2 saturated carbocycles. The normalized spacial score (nSPS) is 30.1. The van der Waals surface area contributed by atoms with Crippen LogP contribution < -0.4 is 5.32 Å². The summed E-state index contributed by atoms with van der Waals surface area (Å²) in [6.07, 6.45) is 8.66. The third-order valence-electron chi connectivity index (χ3n) is 4.03. The predicted molar refractivity (Wildman–Crippen MR) is 63.1 cm³/mol. The maximum absolute atomic E-state index is 12.4. The van der Waals surface area contributed by atoms with Gasteiger partial charge in [0.1, 0.15) is 0 Å². The van der Waals surface area contributed by atoms with Gasteiger partial charge < -0.3 is 10.2 Å². The molecule has 3 aliphatic rings. The molecule has 0 aromatic heterocycles. The van der Waals surface area contributed by atoms with E-state index in [9.17, 15) is 4.79 Å². The van der Waals surface area contributed by atoms with Gasteiger partial charge in [0, 0.05) is 12.6 Å². The molecular formula is C13H22N2O. The molecule has 0 radical (unpaired) electrons. The monoisotopic (exact) mass is 222 g/mol. The van der Waals surface area contributed by atoms with Gasteiger partial charge in [0.05, 0.1) is 6.04 Å². The fourth-order valence-electron chi connectivity index (χ4n) is 2.65. The van der Waals surface area contributed by atoms with Crippen LogP contribution in [0.5, 0.6) is 0 Å². The minimum absolute atomic E-state index is 0.133. The maximum atomic E-state index is 12.4. The summed E-state index contributed by atoms with van der Waals surface area (Å²) in [5, 5.41) is 3.38. The van der Waals surface area contributed by atoms with Crippen molar-refractivity contribution < 1.29 is 4.79 Å². The molecule has 0 spiro atoms. The molecule has 1 N–H and O–H groups in total. The van der Waals surface area contributed by atoms with E-state index in [-0.39, 0.29) is 6.04 Å². The lowest BCUT2D eigenvalue weighted by Gasteiger charge is -2.30. The van der Waals surface area contributed by atoms with Crippen molar-refractivity contribution >= 4 is 5.91 Å². The first kappa shape index (κ1) is 10.6. The molecule has 1 saturated heterocycles. The highest BCUT2D eigenvalue weighted by Gasteiger charge is 2.38. The van der Waals surface area contributed by atoms with E-state index in [1.165, 1.54) is 38.5 Å². The summed E-state index contributed by atoms with van der Waals surface area (Å²) in [6, 6.07) is 0.727. The number of nitrogens with zero attached hydrogens (tertiary/aromatic N) is 1. The Bertz CT molecular complexity index is 265. The molecule has 1 aliphatic heterocycles. The minimum atomic E-state index is 0.133. The third-order valence-corrected chi connectivity index (χ3v) is 4.03. The Morgan fingerprint density at radius 2 is 1.94 bits per heavy atom. The molecule has 3 rings (SSSR count). The van der Waals surface area contributed by atoms with Crippen LogP contribution in [0, 0.1) is 5.92 Å². The molecule has 1 amide bonds. The van der Waals surface area contributed by atoms with E-state index in [4.69, 9.17) is 0 Å². The van der Waals surface area contributed by atoms with Gasteiger partial charge in [-0.1, -0.05) is 6.42 Å². The summed E-state index contributed by atoms with van der Waals surface area (Å²) < 4.78 is 0. The van der Waals surface area contributed by atoms with Gasteiger partial charge in [-0.05, 0) is 51.0 Å². The largest absolute Gasteiger partial charge is 0.338 e. The van der Waals surface area contributed by atoms with Crippen molar-refractivity contribution in [2.45, 2.75) is 57.0 Å². The molecule has 0 bridgehead atoms. The first-order chi connectivity index (χ1) is 7.84. The van der Waals surface area contributed by atoms with Crippen molar-refractivity contribution in [3.05, 3.63) is 0 Å². The molecule has 1 atom stereocenters. The fourth-order valence-corrected chi connectivity index (χ4v) is 2.65. The molecule has 3 nitrogen and oxygen atoms in total. The Morgan fingerprint density at radius 1 is 1.12 bits per heavy atom. The number of carbonyl (C=O) groups excluding carboxylic acids is 1.